The first-order valence-electron chi connectivity index (χ1n) is 12.3. The van der Waals surface area contributed by atoms with Crippen LogP contribution in [0.25, 0.3) is 0 Å². The lowest BCUT2D eigenvalue weighted by Crippen LogP contribution is -2.43. The van der Waals surface area contributed by atoms with Crippen molar-refractivity contribution in [1.29, 1.82) is 0 Å². The molecular formula is C24H29ClN6O4S2. The van der Waals surface area contributed by atoms with Gasteiger partial charge in [0, 0.05) is 25.9 Å². The van der Waals surface area contributed by atoms with Crippen molar-refractivity contribution in [1.82, 2.24) is 24.4 Å². The van der Waals surface area contributed by atoms with Crippen LogP contribution in [-0.4, -0.2) is 58.2 Å². The smallest absolute Gasteiger partial charge is 0.261 e. The number of anilines is 1. The molecule has 5 rings (SSSR count). The molecule has 0 radical (unpaired) electrons. The van der Waals surface area contributed by atoms with Crippen molar-refractivity contribution in [3.63, 3.8) is 0 Å². The minimum atomic E-state index is -3.49. The van der Waals surface area contributed by atoms with E-state index >= 15 is 0 Å². The number of fused-ring (bicyclic) bond motifs is 3. The van der Waals surface area contributed by atoms with Gasteiger partial charge in [-0.3, -0.25) is 9.52 Å². The van der Waals surface area contributed by atoms with Gasteiger partial charge < -0.3 is 14.2 Å². The predicted molar refractivity (Wildman–Crippen MR) is 142 cm³/mol. The Morgan fingerprint density at radius 2 is 2.03 bits per heavy atom. The maximum atomic E-state index is 13.6. The largest absolute Gasteiger partial charge is 0.481 e. The summed E-state index contributed by atoms with van der Waals surface area (Å²) in [5.41, 5.74) is 3.10. The van der Waals surface area contributed by atoms with Crippen LogP contribution in [0.4, 0.5) is 5.82 Å². The summed E-state index contributed by atoms with van der Waals surface area (Å²) >= 11 is 7.86. The number of rotatable bonds is 7. The topological polar surface area (TPSA) is 119 Å². The number of halogens is 1. The molecule has 1 unspecified atom stereocenters. The number of ether oxygens (including phenoxy) is 1. The SMILES string of the molecule is CCc1nc(C)c(C2c3c(nc4n3CCCC4)CCN2C(=O)COc2ccc(NS(C)(=O)=O)nc2Cl)s1. The van der Waals surface area contributed by atoms with Crippen LogP contribution >= 0.6 is 22.9 Å². The molecule has 0 saturated heterocycles. The number of pyridine rings is 1. The van der Waals surface area contributed by atoms with Crippen LogP contribution in [0, 0.1) is 6.92 Å². The molecule has 0 aliphatic carbocycles. The highest BCUT2D eigenvalue weighted by atomic mass is 35.5. The lowest BCUT2D eigenvalue weighted by Gasteiger charge is -2.36. The van der Waals surface area contributed by atoms with E-state index in [9.17, 15) is 13.2 Å². The second kappa shape index (κ2) is 10.2. The summed E-state index contributed by atoms with van der Waals surface area (Å²) in [5, 5.41) is 1.01. The van der Waals surface area contributed by atoms with Gasteiger partial charge in [0.2, 0.25) is 10.0 Å². The maximum absolute atomic E-state index is 13.6. The Kier molecular flexibility index (Phi) is 7.16. The Morgan fingerprint density at radius 3 is 2.73 bits per heavy atom. The van der Waals surface area contributed by atoms with E-state index < -0.39 is 10.0 Å². The summed E-state index contributed by atoms with van der Waals surface area (Å²) in [6.07, 6.45) is 5.72. The number of hydrogen-bond acceptors (Lipinski definition) is 8. The minimum absolute atomic E-state index is 0.0327. The number of aromatic nitrogens is 4. The molecule has 198 valence electrons. The standard InChI is InChI=1S/C24H29ClN6O4S2/c1-4-19-26-14(2)23(36-19)22-21-15(27-18-7-5-6-11-30(18)21)10-12-31(22)20(32)13-35-16-8-9-17(28-24(16)25)29-37(3,33)34/h8-9,22H,4-7,10-13H2,1-3H3,(H,28,29). The number of aryl methyl sites for hydroxylation is 3. The van der Waals surface area contributed by atoms with E-state index in [1.807, 2.05) is 11.8 Å². The van der Waals surface area contributed by atoms with E-state index in [0.717, 1.165) is 71.3 Å². The van der Waals surface area contributed by atoms with Crippen LogP contribution in [0.5, 0.6) is 5.75 Å². The van der Waals surface area contributed by atoms with Gasteiger partial charge in [-0.15, -0.1) is 11.3 Å². The number of amides is 1. The number of carbonyl (C=O) groups excluding carboxylic acids is 1. The van der Waals surface area contributed by atoms with Gasteiger partial charge in [0.05, 0.1) is 33.2 Å². The van der Waals surface area contributed by atoms with Crippen LogP contribution < -0.4 is 9.46 Å². The van der Waals surface area contributed by atoms with Crippen molar-refractivity contribution in [2.45, 2.75) is 58.5 Å². The van der Waals surface area contributed by atoms with Gasteiger partial charge in [-0.1, -0.05) is 18.5 Å². The van der Waals surface area contributed by atoms with E-state index in [2.05, 4.69) is 21.2 Å². The number of hydrogen-bond donors (Lipinski definition) is 1. The second-order valence-electron chi connectivity index (χ2n) is 9.27. The minimum Gasteiger partial charge on any atom is -0.481 e. The Labute approximate surface area is 225 Å². The molecule has 0 bridgehead atoms. The average Bonchev–Trinajstić information content (AvgIpc) is 3.41. The molecule has 13 heteroatoms. The molecule has 0 fully saturated rings. The lowest BCUT2D eigenvalue weighted by atomic mass is 9.99. The Morgan fingerprint density at radius 1 is 1.22 bits per heavy atom. The first-order chi connectivity index (χ1) is 17.6. The summed E-state index contributed by atoms with van der Waals surface area (Å²) in [5.74, 6) is 1.20. The molecule has 10 nitrogen and oxygen atoms in total. The predicted octanol–water partition coefficient (Wildman–Crippen LogP) is 3.52. The van der Waals surface area contributed by atoms with Crippen LogP contribution in [0.1, 0.15) is 58.6 Å². The molecule has 2 aliphatic rings. The third-order valence-electron chi connectivity index (χ3n) is 6.56. The van der Waals surface area contributed by atoms with Crippen LogP contribution in [0.3, 0.4) is 0 Å². The molecule has 1 N–H and O–H groups in total. The summed E-state index contributed by atoms with van der Waals surface area (Å²) in [6, 6.07) is 2.66. The highest BCUT2D eigenvalue weighted by Crippen LogP contribution is 2.41. The maximum Gasteiger partial charge on any atom is 0.261 e. The average molecular weight is 565 g/mol. The van der Waals surface area contributed by atoms with Gasteiger partial charge in [0.25, 0.3) is 5.91 Å². The molecule has 0 saturated carbocycles. The number of nitrogens with zero attached hydrogens (tertiary/aromatic N) is 5. The molecule has 37 heavy (non-hydrogen) atoms. The Bertz CT molecular complexity index is 1450. The van der Waals surface area contributed by atoms with Crippen molar-refractivity contribution in [3.8, 4) is 5.75 Å². The fourth-order valence-corrected chi connectivity index (χ4v) is 6.78. The zero-order valence-electron chi connectivity index (χ0n) is 21.0. The summed E-state index contributed by atoms with van der Waals surface area (Å²) in [7, 11) is -3.49. The quantitative estimate of drug-likeness (QED) is 0.436. The van der Waals surface area contributed by atoms with E-state index in [1.165, 1.54) is 12.1 Å². The normalized spacial score (nSPS) is 17.3. The molecular weight excluding hydrogens is 536 g/mol. The molecule has 1 atom stereocenters. The number of imidazole rings is 1. The van der Waals surface area contributed by atoms with Gasteiger partial charge in [-0.25, -0.2) is 23.4 Å². The first-order valence-corrected chi connectivity index (χ1v) is 15.3. The third-order valence-corrected chi connectivity index (χ3v) is 8.76. The molecule has 0 spiro atoms. The second-order valence-corrected chi connectivity index (χ2v) is 12.5. The van der Waals surface area contributed by atoms with Gasteiger partial charge >= 0.3 is 0 Å². The van der Waals surface area contributed by atoms with Crippen LogP contribution in [0.15, 0.2) is 12.1 Å². The third kappa shape index (κ3) is 5.32. The molecule has 1 amide bonds. The summed E-state index contributed by atoms with van der Waals surface area (Å²) in [4.78, 5) is 30.3. The highest BCUT2D eigenvalue weighted by Gasteiger charge is 2.39. The van der Waals surface area contributed by atoms with E-state index in [-0.39, 0.29) is 35.3 Å². The molecule has 2 aliphatic heterocycles. The van der Waals surface area contributed by atoms with Gasteiger partial charge in [-0.05, 0) is 38.3 Å². The zero-order valence-corrected chi connectivity index (χ0v) is 23.3. The van der Waals surface area contributed by atoms with Gasteiger partial charge in [-0.2, -0.15) is 0 Å². The molecule has 5 heterocycles. The van der Waals surface area contributed by atoms with Crippen molar-refractivity contribution in [2.24, 2.45) is 0 Å². The van der Waals surface area contributed by atoms with Crippen LogP contribution in [-0.2, 0) is 40.6 Å². The number of thiazole rings is 1. The highest BCUT2D eigenvalue weighted by molar-refractivity contribution is 7.92. The van der Waals surface area contributed by atoms with E-state index in [0.29, 0.717) is 13.0 Å². The van der Waals surface area contributed by atoms with Crippen molar-refractivity contribution in [3.05, 3.63) is 50.1 Å². The molecule has 3 aromatic heterocycles. The summed E-state index contributed by atoms with van der Waals surface area (Å²) < 4.78 is 33.2. The van der Waals surface area contributed by atoms with Gasteiger partial charge in [0.1, 0.15) is 17.7 Å². The number of nitrogens with one attached hydrogen (secondary N) is 1. The van der Waals surface area contributed by atoms with E-state index in [4.69, 9.17) is 26.3 Å². The van der Waals surface area contributed by atoms with Gasteiger partial charge in [0.15, 0.2) is 17.5 Å². The Balaban J connectivity index is 1.42. The van der Waals surface area contributed by atoms with Crippen molar-refractivity contribution in [2.75, 3.05) is 24.1 Å². The first kappa shape index (κ1) is 25.9. The number of carbonyl (C=O) groups is 1. The summed E-state index contributed by atoms with van der Waals surface area (Å²) in [6.45, 7) is 5.29. The number of sulfonamides is 1. The lowest BCUT2D eigenvalue weighted by molar-refractivity contribution is -0.135. The Hall–Kier alpha value is -2.70. The molecule has 0 aromatic carbocycles. The molecule has 3 aromatic rings. The van der Waals surface area contributed by atoms with Crippen molar-refractivity contribution >= 4 is 44.7 Å². The fraction of sp³-hybridized carbons (Fsp3) is 0.500. The zero-order chi connectivity index (χ0) is 26.3. The van der Waals surface area contributed by atoms with Crippen molar-refractivity contribution < 1.29 is 17.9 Å². The van der Waals surface area contributed by atoms with E-state index in [1.54, 1.807) is 11.3 Å². The monoisotopic (exact) mass is 564 g/mol. The fourth-order valence-electron chi connectivity index (χ4n) is 4.96. The van der Waals surface area contributed by atoms with Crippen LogP contribution in [0.2, 0.25) is 5.15 Å².